The van der Waals surface area contributed by atoms with E-state index in [-0.39, 0.29) is 0 Å². The molecule has 0 spiro atoms. The van der Waals surface area contributed by atoms with Crippen molar-refractivity contribution in [1.29, 1.82) is 0 Å². The van der Waals surface area contributed by atoms with Crippen LogP contribution < -0.4 is 4.74 Å². The van der Waals surface area contributed by atoms with Crippen LogP contribution in [0.4, 0.5) is 0 Å². The summed E-state index contributed by atoms with van der Waals surface area (Å²) in [7, 11) is 1.66. The third-order valence-electron chi connectivity index (χ3n) is 4.01. The molecule has 0 fully saturated rings. The molecule has 2 heterocycles. The van der Waals surface area contributed by atoms with E-state index in [0.29, 0.717) is 5.15 Å². The summed E-state index contributed by atoms with van der Waals surface area (Å²) in [6.07, 6.45) is 4.94. The zero-order valence-electron chi connectivity index (χ0n) is 11.6. The summed E-state index contributed by atoms with van der Waals surface area (Å²) in [6, 6.07) is 7.90. The SMILES string of the molecule is COc1ccc(-c2cnn3c(Cl)c4c(nc23)CCC4)cc1. The van der Waals surface area contributed by atoms with E-state index in [1.165, 1.54) is 0 Å². The van der Waals surface area contributed by atoms with Crippen molar-refractivity contribution in [2.24, 2.45) is 0 Å². The molecule has 0 radical (unpaired) electrons. The molecule has 2 aromatic heterocycles. The van der Waals surface area contributed by atoms with Gasteiger partial charge in [-0.1, -0.05) is 23.7 Å². The summed E-state index contributed by atoms with van der Waals surface area (Å²) in [5, 5.41) is 5.11. The molecule has 1 aliphatic rings. The lowest BCUT2D eigenvalue weighted by Gasteiger charge is -2.06. The number of fused-ring (bicyclic) bond motifs is 2. The van der Waals surface area contributed by atoms with Crippen LogP contribution >= 0.6 is 11.6 Å². The van der Waals surface area contributed by atoms with E-state index < -0.39 is 0 Å². The van der Waals surface area contributed by atoms with E-state index in [0.717, 1.165) is 53.0 Å². The number of aryl methyl sites for hydroxylation is 1. The summed E-state index contributed by atoms with van der Waals surface area (Å²) in [4.78, 5) is 4.78. The van der Waals surface area contributed by atoms with Crippen molar-refractivity contribution in [3.8, 4) is 16.9 Å². The standard InChI is InChI=1S/C16H14ClN3O/c1-21-11-7-5-10(6-8-11)13-9-18-20-15(17)12-3-2-4-14(12)19-16(13)20/h5-9H,2-4H2,1H3. The van der Waals surface area contributed by atoms with Crippen LogP contribution in [0.5, 0.6) is 5.75 Å². The fraction of sp³-hybridized carbons (Fsp3) is 0.250. The average Bonchev–Trinajstić information content (AvgIpc) is 3.15. The first kappa shape index (κ1) is 12.7. The molecule has 0 N–H and O–H groups in total. The Labute approximate surface area is 127 Å². The summed E-state index contributed by atoms with van der Waals surface area (Å²) in [6.45, 7) is 0. The van der Waals surface area contributed by atoms with Crippen molar-refractivity contribution < 1.29 is 4.74 Å². The van der Waals surface area contributed by atoms with Crippen LogP contribution in [-0.2, 0) is 12.8 Å². The molecule has 4 rings (SSSR count). The second-order valence-corrected chi connectivity index (χ2v) is 5.56. The molecule has 0 bridgehead atoms. The molecule has 0 aliphatic heterocycles. The zero-order valence-corrected chi connectivity index (χ0v) is 12.4. The summed E-state index contributed by atoms with van der Waals surface area (Å²) >= 11 is 6.48. The maximum atomic E-state index is 6.48. The highest BCUT2D eigenvalue weighted by molar-refractivity contribution is 6.30. The van der Waals surface area contributed by atoms with Gasteiger partial charge in [-0.3, -0.25) is 0 Å². The molecule has 4 nitrogen and oxygen atoms in total. The van der Waals surface area contributed by atoms with Crippen molar-refractivity contribution >= 4 is 17.2 Å². The maximum absolute atomic E-state index is 6.48. The monoisotopic (exact) mass is 299 g/mol. The van der Waals surface area contributed by atoms with Gasteiger partial charge in [0.05, 0.1) is 13.3 Å². The van der Waals surface area contributed by atoms with Gasteiger partial charge >= 0.3 is 0 Å². The van der Waals surface area contributed by atoms with Gasteiger partial charge in [0.2, 0.25) is 0 Å². The first-order chi connectivity index (χ1) is 10.3. The minimum atomic E-state index is 0.701. The molecule has 0 atom stereocenters. The van der Waals surface area contributed by atoms with Crippen LogP contribution in [0, 0.1) is 0 Å². The fourth-order valence-corrected chi connectivity index (χ4v) is 3.22. The Morgan fingerprint density at radius 2 is 2.00 bits per heavy atom. The minimum absolute atomic E-state index is 0.701. The van der Waals surface area contributed by atoms with Gasteiger partial charge in [-0.25, -0.2) is 9.50 Å². The number of ether oxygens (including phenoxy) is 1. The van der Waals surface area contributed by atoms with E-state index in [2.05, 4.69) is 5.10 Å². The Morgan fingerprint density at radius 1 is 1.19 bits per heavy atom. The van der Waals surface area contributed by atoms with Crippen molar-refractivity contribution in [2.45, 2.75) is 19.3 Å². The molecule has 5 heteroatoms. The van der Waals surface area contributed by atoms with Crippen LogP contribution in [0.15, 0.2) is 30.5 Å². The Bertz CT molecular complexity index is 824. The van der Waals surface area contributed by atoms with Crippen LogP contribution in [-0.4, -0.2) is 21.7 Å². The van der Waals surface area contributed by atoms with E-state index in [4.69, 9.17) is 21.3 Å². The first-order valence-corrected chi connectivity index (χ1v) is 7.35. The van der Waals surface area contributed by atoms with Gasteiger partial charge in [0, 0.05) is 16.8 Å². The normalized spacial score (nSPS) is 13.6. The van der Waals surface area contributed by atoms with Gasteiger partial charge in [-0.2, -0.15) is 5.10 Å². The Hall–Kier alpha value is -2.07. The first-order valence-electron chi connectivity index (χ1n) is 6.97. The van der Waals surface area contributed by atoms with E-state index in [9.17, 15) is 0 Å². The van der Waals surface area contributed by atoms with Gasteiger partial charge < -0.3 is 4.74 Å². The van der Waals surface area contributed by atoms with E-state index in [1.807, 2.05) is 30.5 Å². The molecule has 0 saturated heterocycles. The minimum Gasteiger partial charge on any atom is -0.497 e. The highest BCUT2D eigenvalue weighted by atomic mass is 35.5. The van der Waals surface area contributed by atoms with E-state index in [1.54, 1.807) is 11.6 Å². The third kappa shape index (κ3) is 1.90. The van der Waals surface area contributed by atoms with E-state index >= 15 is 0 Å². The number of rotatable bonds is 2. The van der Waals surface area contributed by atoms with Crippen LogP contribution in [0.3, 0.4) is 0 Å². The Balaban J connectivity index is 1.91. The van der Waals surface area contributed by atoms with Crippen LogP contribution in [0.1, 0.15) is 17.7 Å². The average molecular weight is 300 g/mol. The number of hydrogen-bond donors (Lipinski definition) is 0. The summed E-state index contributed by atoms with van der Waals surface area (Å²) < 4.78 is 6.94. The van der Waals surface area contributed by atoms with Gasteiger partial charge in [-0.15, -0.1) is 0 Å². The maximum Gasteiger partial charge on any atom is 0.164 e. The third-order valence-corrected chi connectivity index (χ3v) is 4.40. The van der Waals surface area contributed by atoms with Gasteiger partial charge in [0.15, 0.2) is 5.65 Å². The summed E-state index contributed by atoms with van der Waals surface area (Å²) in [5.41, 5.74) is 5.14. The number of hydrogen-bond acceptors (Lipinski definition) is 3. The molecular weight excluding hydrogens is 286 g/mol. The molecule has 0 amide bonds. The number of halogens is 1. The molecule has 3 aromatic rings. The van der Waals surface area contributed by atoms with Gasteiger partial charge in [0.25, 0.3) is 0 Å². The second-order valence-electron chi connectivity index (χ2n) is 5.20. The number of benzene rings is 1. The number of aromatic nitrogens is 3. The summed E-state index contributed by atoms with van der Waals surface area (Å²) in [5.74, 6) is 0.835. The topological polar surface area (TPSA) is 39.4 Å². The molecule has 0 unspecified atom stereocenters. The predicted octanol–water partition coefficient (Wildman–Crippen LogP) is 3.55. The Morgan fingerprint density at radius 3 is 2.76 bits per heavy atom. The quantitative estimate of drug-likeness (QED) is 0.679. The molecular formula is C16H14ClN3O. The highest BCUT2D eigenvalue weighted by Crippen LogP contribution is 2.32. The largest absolute Gasteiger partial charge is 0.497 e. The zero-order chi connectivity index (χ0) is 14.4. The Kier molecular flexibility index (Phi) is 2.86. The lowest BCUT2D eigenvalue weighted by Crippen LogP contribution is -1.99. The van der Waals surface area contributed by atoms with Crippen molar-refractivity contribution in [2.75, 3.05) is 7.11 Å². The van der Waals surface area contributed by atoms with Crippen molar-refractivity contribution in [3.05, 3.63) is 46.9 Å². The lowest BCUT2D eigenvalue weighted by molar-refractivity contribution is 0.415. The predicted molar refractivity (Wildman–Crippen MR) is 82.0 cm³/mol. The second kappa shape index (κ2) is 4.74. The van der Waals surface area contributed by atoms with Gasteiger partial charge in [-0.05, 0) is 37.0 Å². The molecule has 1 aromatic carbocycles. The number of nitrogens with zero attached hydrogens (tertiary/aromatic N) is 3. The smallest absolute Gasteiger partial charge is 0.164 e. The lowest BCUT2D eigenvalue weighted by atomic mass is 10.1. The van der Waals surface area contributed by atoms with Gasteiger partial charge in [0.1, 0.15) is 10.9 Å². The molecule has 21 heavy (non-hydrogen) atoms. The van der Waals surface area contributed by atoms with Crippen molar-refractivity contribution in [3.63, 3.8) is 0 Å². The highest BCUT2D eigenvalue weighted by Gasteiger charge is 2.21. The molecule has 106 valence electrons. The number of methoxy groups -OCH3 is 1. The van der Waals surface area contributed by atoms with Crippen LogP contribution in [0.2, 0.25) is 5.15 Å². The molecule has 1 aliphatic carbocycles. The molecule has 0 saturated carbocycles. The fourth-order valence-electron chi connectivity index (χ4n) is 2.90. The van der Waals surface area contributed by atoms with Crippen LogP contribution in [0.25, 0.3) is 16.8 Å². The van der Waals surface area contributed by atoms with Crippen molar-refractivity contribution in [1.82, 2.24) is 14.6 Å².